The molecule has 112 valence electrons. The van der Waals surface area contributed by atoms with E-state index in [1.54, 1.807) is 0 Å². The van der Waals surface area contributed by atoms with Crippen molar-refractivity contribution in [1.29, 1.82) is 0 Å². The van der Waals surface area contributed by atoms with Crippen molar-refractivity contribution < 1.29 is 0 Å². The number of hydrogen-bond acceptors (Lipinski definition) is 2. The van der Waals surface area contributed by atoms with Crippen LogP contribution < -0.4 is 11.1 Å². The van der Waals surface area contributed by atoms with Gasteiger partial charge >= 0.3 is 0 Å². The Morgan fingerprint density at radius 3 is 2.10 bits per heavy atom. The SMILES string of the molecule is Nc1c(Br)cc(Br)cc1CNc1c(Br)cc(Br)cc1CCl. The van der Waals surface area contributed by atoms with Gasteiger partial charge in [0.2, 0.25) is 0 Å². The summed E-state index contributed by atoms with van der Waals surface area (Å²) in [6, 6.07) is 7.91. The molecular weight excluding hydrogens is 551 g/mol. The molecule has 3 N–H and O–H groups in total. The molecule has 2 aromatic carbocycles. The first-order valence-electron chi connectivity index (χ1n) is 5.93. The lowest BCUT2D eigenvalue weighted by molar-refractivity contribution is 1.13. The molecule has 0 spiro atoms. The van der Waals surface area contributed by atoms with Crippen molar-refractivity contribution in [2.24, 2.45) is 0 Å². The van der Waals surface area contributed by atoms with Gasteiger partial charge in [-0.15, -0.1) is 11.6 Å². The van der Waals surface area contributed by atoms with Crippen molar-refractivity contribution in [3.8, 4) is 0 Å². The third kappa shape index (κ3) is 4.38. The van der Waals surface area contributed by atoms with Gasteiger partial charge in [0.15, 0.2) is 0 Å². The zero-order chi connectivity index (χ0) is 15.6. The van der Waals surface area contributed by atoms with Crippen LogP contribution in [-0.4, -0.2) is 0 Å². The van der Waals surface area contributed by atoms with E-state index >= 15 is 0 Å². The van der Waals surface area contributed by atoms with E-state index < -0.39 is 0 Å². The van der Waals surface area contributed by atoms with Gasteiger partial charge in [-0.1, -0.05) is 31.9 Å². The molecule has 0 aromatic heterocycles. The third-order valence-electron chi connectivity index (χ3n) is 2.92. The van der Waals surface area contributed by atoms with Crippen LogP contribution in [0.1, 0.15) is 11.1 Å². The average Bonchev–Trinajstić information content (AvgIpc) is 2.41. The molecule has 0 saturated heterocycles. The summed E-state index contributed by atoms with van der Waals surface area (Å²) >= 11 is 20.0. The lowest BCUT2D eigenvalue weighted by atomic mass is 10.1. The van der Waals surface area contributed by atoms with E-state index in [2.05, 4.69) is 69.0 Å². The topological polar surface area (TPSA) is 38.0 Å². The molecular formula is C14H11Br4ClN2. The van der Waals surface area contributed by atoms with Crippen molar-refractivity contribution in [3.05, 3.63) is 53.3 Å². The van der Waals surface area contributed by atoms with Crippen molar-refractivity contribution in [1.82, 2.24) is 0 Å². The van der Waals surface area contributed by atoms with E-state index in [0.717, 1.165) is 40.4 Å². The highest BCUT2D eigenvalue weighted by Gasteiger charge is 2.10. The number of nitrogen functional groups attached to an aromatic ring is 1. The molecule has 7 heteroatoms. The minimum absolute atomic E-state index is 0.429. The van der Waals surface area contributed by atoms with Crippen LogP contribution in [-0.2, 0) is 12.4 Å². The largest absolute Gasteiger partial charge is 0.398 e. The quantitative estimate of drug-likeness (QED) is 0.323. The fraction of sp³-hybridized carbons (Fsp3) is 0.143. The van der Waals surface area contributed by atoms with Crippen LogP contribution in [0.25, 0.3) is 0 Å². The van der Waals surface area contributed by atoms with Gasteiger partial charge < -0.3 is 11.1 Å². The zero-order valence-corrected chi connectivity index (χ0v) is 17.8. The summed E-state index contributed by atoms with van der Waals surface area (Å²) in [5.41, 5.74) is 9.82. The monoisotopic (exact) mass is 558 g/mol. The van der Waals surface area contributed by atoms with Gasteiger partial charge in [0.25, 0.3) is 0 Å². The summed E-state index contributed by atoms with van der Waals surface area (Å²) in [6.07, 6.45) is 0. The molecule has 21 heavy (non-hydrogen) atoms. The highest BCUT2D eigenvalue weighted by molar-refractivity contribution is 9.11. The first-order valence-corrected chi connectivity index (χ1v) is 9.64. The minimum Gasteiger partial charge on any atom is -0.398 e. The molecule has 2 nitrogen and oxygen atoms in total. The van der Waals surface area contributed by atoms with Crippen LogP contribution in [0.3, 0.4) is 0 Å². The van der Waals surface area contributed by atoms with Crippen LogP contribution in [0.5, 0.6) is 0 Å². The standard InChI is InChI=1S/C14H11Br4ClN2/c15-9-1-7(5-19)14(12(18)4-9)21-6-8-2-10(16)3-11(17)13(8)20/h1-4,21H,5-6,20H2. The smallest absolute Gasteiger partial charge is 0.0532 e. The molecule has 2 rings (SSSR count). The maximum atomic E-state index is 6.10. The van der Waals surface area contributed by atoms with Crippen molar-refractivity contribution in [3.63, 3.8) is 0 Å². The Morgan fingerprint density at radius 1 is 0.905 bits per heavy atom. The number of rotatable bonds is 4. The minimum atomic E-state index is 0.429. The summed E-state index contributed by atoms with van der Waals surface area (Å²) in [5, 5.41) is 3.40. The maximum absolute atomic E-state index is 6.10. The molecule has 0 atom stereocenters. The molecule has 0 saturated carbocycles. The van der Waals surface area contributed by atoms with Crippen molar-refractivity contribution >= 4 is 86.7 Å². The highest BCUT2D eigenvalue weighted by atomic mass is 79.9. The summed E-state index contributed by atoms with van der Waals surface area (Å²) in [6.45, 7) is 0.605. The van der Waals surface area contributed by atoms with Crippen LogP contribution in [0, 0.1) is 0 Å². The van der Waals surface area contributed by atoms with E-state index in [4.69, 9.17) is 17.3 Å². The Labute approximate surface area is 162 Å². The highest BCUT2D eigenvalue weighted by Crippen LogP contribution is 2.33. The number of halogens is 5. The Morgan fingerprint density at radius 2 is 1.48 bits per heavy atom. The lowest BCUT2D eigenvalue weighted by Crippen LogP contribution is -2.06. The van der Waals surface area contributed by atoms with Crippen LogP contribution in [0.2, 0.25) is 0 Å². The van der Waals surface area contributed by atoms with Gasteiger partial charge in [-0.05, 0) is 67.3 Å². The Kier molecular flexibility index (Phi) is 6.44. The second kappa shape index (κ2) is 7.68. The fourth-order valence-electron chi connectivity index (χ4n) is 1.90. The number of nitrogens with two attached hydrogens (primary N) is 1. The second-order valence-corrected chi connectivity index (χ2v) is 8.18. The van der Waals surface area contributed by atoms with Crippen LogP contribution >= 0.6 is 75.3 Å². The molecule has 0 amide bonds. The molecule has 0 radical (unpaired) electrons. The van der Waals surface area contributed by atoms with Gasteiger partial charge in [-0.25, -0.2) is 0 Å². The van der Waals surface area contributed by atoms with E-state index in [1.807, 2.05) is 24.3 Å². The van der Waals surface area contributed by atoms with Gasteiger partial charge in [0.05, 0.1) is 11.4 Å². The molecule has 0 aliphatic heterocycles. The van der Waals surface area contributed by atoms with E-state index in [1.165, 1.54) is 0 Å². The average molecular weight is 562 g/mol. The van der Waals surface area contributed by atoms with Crippen molar-refractivity contribution in [2.45, 2.75) is 12.4 Å². The first kappa shape index (κ1) is 17.6. The molecule has 0 unspecified atom stereocenters. The van der Waals surface area contributed by atoms with E-state index in [-0.39, 0.29) is 0 Å². The summed E-state index contributed by atoms with van der Waals surface area (Å²) < 4.78 is 3.80. The number of anilines is 2. The summed E-state index contributed by atoms with van der Waals surface area (Å²) in [4.78, 5) is 0. The number of benzene rings is 2. The number of hydrogen-bond donors (Lipinski definition) is 2. The Bertz CT molecular complexity index is 677. The first-order chi connectivity index (χ1) is 9.92. The second-order valence-electron chi connectivity index (χ2n) is 4.37. The van der Waals surface area contributed by atoms with Crippen LogP contribution in [0.4, 0.5) is 11.4 Å². The Hall–Kier alpha value is 0.250. The Balaban J connectivity index is 2.29. The fourth-order valence-corrected chi connectivity index (χ4v) is 4.88. The van der Waals surface area contributed by atoms with Gasteiger partial charge in [-0.3, -0.25) is 0 Å². The molecule has 0 fully saturated rings. The van der Waals surface area contributed by atoms with Gasteiger partial charge in [0, 0.05) is 30.3 Å². The van der Waals surface area contributed by atoms with Gasteiger partial charge in [-0.2, -0.15) is 0 Å². The third-order valence-corrected chi connectivity index (χ3v) is 5.40. The normalized spacial score (nSPS) is 10.7. The predicted octanol–water partition coefficient (Wildman–Crippen LogP) is 6.67. The van der Waals surface area contributed by atoms with Gasteiger partial charge in [0.1, 0.15) is 0 Å². The van der Waals surface area contributed by atoms with E-state index in [9.17, 15) is 0 Å². The zero-order valence-electron chi connectivity index (χ0n) is 10.7. The van der Waals surface area contributed by atoms with Crippen LogP contribution in [0.15, 0.2) is 42.2 Å². The summed E-state index contributed by atoms with van der Waals surface area (Å²) in [5.74, 6) is 0.429. The molecule has 2 aromatic rings. The number of nitrogens with one attached hydrogen (secondary N) is 1. The predicted molar refractivity (Wildman–Crippen MR) is 105 cm³/mol. The number of alkyl halides is 1. The van der Waals surface area contributed by atoms with Crippen molar-refractivity contribution in [2.75, 3.05) is 11.1 Å². The molecule has 0 aliphatic carbocycles. The maximum Gasteiger partial charge on any atom is 0.0532 e. The molecule has 0 aliphatic rings. The summed E-state index contributed by atoms with van der Waals surface area (Å²) in [7, 11) is 0. The molecule has 0 bridgehead atoms. The lowest BCUT2D eigenvalue weighted by Gasteiger charge is -2.15. The molecule has 0 heterocycles. The van der Waals surface area contributed by atoms with E-state index in [0.29, 0.717) is 12.4 Å².